The van der Waals surface area contributed by atoms with Crippen molar-refractivity contribution < 1.29 is 4.79 Å². The summed E-state index contributed by atoms with van der Waals surface area (Å²) in [5.74, 6) is 0.515. The van der Waals surface area contributed by atoms with Crippen LogP contribution in [0.25, 0.3) is 11.0 Å². The summed E-state index contributed by atoms with van der Waals surface area (Å²) in [7, 11) is 0. The van der Waals surface area contributed by atoms with Crippen LogP contribution in [0.1, 0.15) is 57.4 Å². The Bertz CT molecular complexity index is 658. The van der Waals surface area contributed by atoms with Crippen molar-refractivity contribution in [1.29, 1.82) is 0 Å². The Balaban J connectivity index is 1.62. The van der Waals surface area contributed by atoms with Gasteiger partial charge in [0.25, 0.3) is 0 Å². The van der Waals surface area contributed by atoms with E-state index >= 15 is 0 Å². The van der Waals surface area contributed by atoms with E-state index in [1.165, 1.54) is 37.7 Å². The van der Waals surface area contributed by atoms with E-state index in [9.17, 15) is 4.79 Å². The molecule has 0 spiro atoms. The number of nitrogens with one attached hydrogen (secondary N) is 3. The minimum absolute atomic E-state index is 0.165. The van der Waals surface area contributed by atoms with Gasteiger partial charge in [0.15, 0.2) is 0 Å². The summed E-state index contributed by atoms with van der Waals surface area (Å²) in [5, 5.41) is 5.87. The van der Waals surface area contributed by atoms with E-state index in [0.717, 1.165) is 30.3 Å². The van der Waals surface area contributed by atoms with Gasteiger partial charge in [0.2, 0.25) is 5.95 Å². The maximum absolute atomic E-state index is 12.1. The van der Waals surface area contributed by atoms with Crippen LogP contribution in [-0.2, 0) is 6.42 Å². The third kappa shape index (κ3) is 4.24. The fourth-order valence-electron chi connectivity index (χ4n) is 3.23. The number of carbonyl (C=O) groups excluding carboxylic acids is 1. The standard InChI is InChI=1S/C18H26N4O/c1-2-3-7-13-10-11-15-16(12-13)21-17(20-15)22-18(23)19-14-8-5-4-6-9-14/h10-12,14H,2-9H2,1H3,(H3,19,20,21,22,23). The maximum Gasteiger partial charge on any atom is 0.321 e. The Kier molecular flexibility index (Phi) is 5.16. The van der Waals surface area contributed by atoms with Crippen LogP contribution in [0, 0.1) is 0 Å². The van der Waals surface area contributed by atoms with Crippen molar-refractivity contribution in [2.24, 2.45) is 0 Å². The van der Waals surface area contributed by atoms with Crippen molar-refractivity contribution in [3.8, 4) is 0 Å². The molecule has 0 aliphatic heterocycles. The molecule has 0 saturated heterocycles. The molecule has 1 fully saturated rings. The maximum atomic E-state index is 12.1. The Morgan fingerprint density at radius 2 is 2.13 bits per heavy atom. The van der Waals surface area contributed by atoms with Crippen molar-refractivity contribution in [3.05, 3.63) is 23.8 Å². The number of H-pyrrole nitrogens is 1. The number of hydrogen-bond acceptors (Lipinski definition) is 2. The van der Waals surface area contributed by atoms with E-state index < -0.39 is 0 Å². The van der Waals surface area contributed by atoms with Crippen LogP contribution < -0.4 is 10.6 Å². The van der Waals surface area contributed by atoms with E-state index in [1.807, 2.05) is 6.07 Å². The number of fused-ring (bicyclic) bond motifs is 1. The first-order valence-electron chi connectivity index (χ1n) is 8.81. The molecular weight excluding hydrogens is 288 g/mol. The largest absolute Gasteiger partial charge is 0.335 e. The molecule has 1 saturated carbocycles. The highest BCUT2D eigenvalue weighted by Gasteiger charge is 2.16. The zero-order chi connectivity index (χ0) is 16.1. The van der Waals surface area contributed by atoms with Gasteiger partial charge in [0.05, 0.1) is 11.0 Å². The van der Waals surface area contributed by atoms with Crippen LogP contribution in [0.2, 0.25) is 0 Å². The second-order valence-corrected chi connectivity index (χ2v) is 6.47. The highest BCUT2D eigenvalue weighted by molar-refractivity contribution is 5.90. The van der Waals surface area contributed by atoms with Gasteiger partial charge in [-0.2, -0.15) is 0 Å². The first kappa shape index (κ1) is 15.8. The highest BCUT2D eigenvalue weighted by atomic mass is 16.2. The molecule has 124 valence electrons. The smallest absolute Gasteiger partial charge is 0.321 e. The molecule has 1 aliphatic carbocycles. The normalized spacial score (nSPS) is 15.7. The summed E-state index contributed by atoms with van der Waals surface area (Å²) >= 11 is 0. The first-order valence-corrected chi connectivity index (χ1v) is 8.81. The van der Waals surface area contributed by atoms with Crippen LogP contribution in [-0.4, -0.2) is 22.0 Å². The molecule has 1 aliphatic rings. The molecule has 5 nitrogen and oxygen atoms in total. The van der Waals surface area contributed by atoms with Crippen molar-refractivity contribution in [2.75, 3.05) is 5.32 Å². The number of aryl methyl sites for hydroxylation is 1. The zero-order valence-corrected chi connectivity index (χ0v) is 13.8. The van der Waals surface area contributed by atoms with Crippen LogP contribution in [0.4, 0.5) is 10.7 Å². The number of amides is 2. The summed E-state index contributed by atoms with van der Waals surface area (Å²) in [5.41, 5.74) is 3.17. The summed E-state index contributed by atoms with van der Waals surface area (Å²) in [6.07, 6.45) is 9.30. The predicted octanol–water partition coefficient (Wildman–Crippen LogP) is 4.36. The molecule has 2 aromatic rings. The molecule has 1 aromatic heterocycles. The number of rotatable bonds is 5. The van der Waals surface area contributed by atoms with Gasteiger partial charge in [-0.1, -0.05) is 38.7 Å². The zero-order valence-electron chi connectivity index (χ0n) is 13.8. The Labute approximate surface area is 137 Å². The lowest BCUT2D eigenvalue weighted by Gasteiger charge is -2.22. The summed E-state index contributed by atoms with van der Waals surface area (Å²) in [6, 6.07) is 6.39. The van der Waals surface area contributed by atoms with E-state index in [2.05, 4.69) is 39.7 Å². The van der Waals surface area contributed by atoms with E-state index in [1.54, 1.807) is 0 Å². The molecule has 0 bridgehead atoms. The van der Waals surface area contributed by atoms with Crippen molar-refractivity contribution >= 4 is 23.0 Å². The van der Waals surface area contributed by atoms with Crippen LogP contribution in [0.5, 0.6) is 0 Å². The number of nitrogens with zero attached hydrogens (tertiary/aromatic N) is 1. The average Bonchev–Trinajstić information content (AvgIpc) is 2.95. The molecule has 0 radical (unpaired) electrons. The Hall–Kier alpha value is -2.04. The molecule has 3 N–H and O–H groups in total. The molecule has 3 rings (SSSR count). The number of imidazole rings is 1. The Morgan fingerprint density at radius 3 is 2.91 bits per heavy atom. The summed E-state index contributed by atoms with van der Waals surface area (Å²) in [4.78, 5) is 19.7. The SMILES string of the molecule is CCCCc1ccc2nc(NC(=O)NC3CCCCC3)[nH]c2c1. The second-order valence-electron chi connectivity index (χ2n) is 6.47. The van der Waals surface area contributed by atoms with Gasteiger partial charge in [-0.15, -0.1) is 0 Å². The van der Waals surface area contributed by atoms with E-state index in [-0.39, 0.29) is 6.03 Å². The van der Waals surface area contributed by atoms with E-state index in [0.29, 0.717) is 12.0 Å². The lowest BCUT2D eigenvalue weighted by Crippen LogP contribution is -2.39. The van der Waals surface area contributed by atoms with Crippen LogP contribution in [0.15, 0.2) is 18.2 Å². The van der Waals surface area contributed by atoms with Crippen LogP contribution >= 0.6 is 0 Å². The highest BCUT2D eigenvalue weighted by Crippen LogP contribution is 2.19. The number of carbonyl (C=O) groups is 1. The molecule has 5 heteroatoms. The fourth-order valence-corrected chi connectivity index (χ4v) is 3.23. The molecule has 1 heterocycles. The molecule has 0 atom stereocenters. The number of aromatic amines is 1. The number of anilines is 1. The number of aromatic nitrogens is 2. The summed E-state index contributed by atoms with van der Waals surface area (Å²) in [6.45, 7) is 2.20. The van der Waals surface area contributed by atoms with Crippen molar-refractivity contribution in [1.82, 2.24) is 15.3 Å². The molecule has 0 unspecified atom stereocenters. The third-order valence-electron chi connectivity index (χ3n) is 4.54. The number of urea groups is 1. The monoisotopic (exact) mass is 314 g/mol. The summed E-state index contributed by atoms with van der Waals surface area (Å²) < 4.78 is 0. The molecule has 23 heavy (non-hydrogen) atoms. The lowest BCUT2D eigenvalue weighted by atomic mass is 9.96. The number of benzene rings is 1. The molecule has 1 aromatic carbocycles. The van der Waals surface area contributed by atoms with Gasteiger partial charge in [-0.05, 0) is 43.4 Å². The van der Waals surface area contributed by atoms with Gasteiger partial charge in [-0.25, -0.2) is 9.78 Å². The Morgan fingerprint density at radius 1 is 1.30 bits per heavy atom. The van der Waals surface area contributed by atoms with Crippen molar-refractivity contribution in [3.63, 3.8) is 0 Å². The van der Waals surface area contributed by atoms with Gasteiger partial charge < -0.3 is 10.3 Å². The van der Waals surface area contributed by atoms with E-state index in [4.69, 9.17) is 0 Å². The van der Waals surface area contributed by atoms with Gasteiger partial charge in [-0.3, -0.25) is 5.32 Å². The number of hydrogen-bond donors (Lipinski definition) is 3. The third-order valence-corrected chi connectivity index (χ3v) is 4.54. The molecular formula is C18H26N4O. The van der Waals surface area contributed by atoms with Gasteiger partial charge >= 0.3 is 6.03 Å². The molecule has 2 amide bonds. The fraction of sp³-hybridized carbons (Fsp3) is 0.556. The number of unbranched alkanes of at least 4 members (excludes halogenated alkanes) is 1. The average molecular weight is 314 g/mol. The van der Waals surface area contributed by atoms with Gasteiger partial charge in [0.1, 0.15) is 0 Å². The minimum Gasteiger partial charge on any atom is -0.335 e. The van der Waals surface area contributed by atoms with Crippen molar-refractivity contribution in [2.45, 2.75) is 64.3 Å². The quantitative estimate of drug-likeness (QED) is 0.767. The minimum atomic E-state index is -0.165. The topological polar surface area (TPSA) is 69.8 Å². The predicted molar refractivity (Wildman–Crippen MR) is 93.7 cm³/mol. The lowest BCUT2D eigenvalue weighted by molar-refractivity contribution is 0.244. The second kappa shape index (κ2) is 7.49. The first-order chi connectivity index (χ1) is 11.2. The van der Waals surface area contributed by atoms with Crippen LogP contribution in [0.3, 0.4) is 0 Å². The van der Waals surface area contributed by atoms with Gasteiger partial charge in [0, 0.05) is 6.04 Å².